The van der Waals surface area contributed by atoms with Crippen LogP contribution in [0.1, 0.15) is 17.2 Å². The minimum atomic E-state index is -1.34. The minimum absolute atomic E-state index is 0.191. The second kappa shape index (κ2) is 9.80. The van der Waals surface area contributed by atoms with Crippen LogP contribution in [-0.4, -0.2) is 55.9 Å². The van der Waals surface area contributed by atoms with Crippen LogP contribution in [0.25, 0.3) is 0 Å². The fourth-order valence-corrected chi connectivity index (χ4v) is 6.51. The topological polar surface area (TPSA) is 95.9 Å². The SMILES string of the molecule is O=C(NC1C(=O)N2CC(CI)(C(=O)OCc3ccccc3)CS[C@H]12)C(O)c1ccccc1. The monoisotopic (exact) mass is 566 g/mol. The first kappa shape index (κ1) is 23.1. The van der Waals surface area contributed by atoms with E-state index in [1.54, 1.807) is 35.2 Å². The van der Waals surface area contributed by atoms with Crippen molar-refractivity contribution in [3.63, 3.8) is 0 Å². The number of alkyl halides is 1. The Labute approximate surface area is 204 Å². The number of aliphatic hydroxyl groups is 1. The van der Waals surface area contributed by atoms with Gasteiger partial charge < -0.3 is 20.1 Å². The van der Waals surface area contributed by atoms with Gasteiger partial charge in [0.15, 0.2) is 6.10 Å². The number of thioether (sulfide) groups is 1. The number of carbonyl (C=O) groups is 3. The molecule has 2 fully saturated rings. The fraction of sp³-hybridized carbons (Fsp3) is 0.348. The van der Waals surface area contributed by atoms with E-state index in [1.807, 2.05) is 30.3 Å². The summed E-state index contributed by atoms with van der Waals surface area (Å²) >= 11 is 3.62. The van der Waals surface area contributed by atoms with E-state index in [0.717, 1.165) is 5.56 Å². The normalized spacial score (nSPS) is 25.3. The number of ether oxygens (including phenoxy) is 1. The molecule has 2 saturated heterocycles. The van der Waals surface area contributed by atoms with Crippen molar-refractivity contribution in [2.45, 2.75) is 24.1 Å². The number of β-lactam (4-membered cyclic amide) rings is 1. The molecule has 0 spiro atoms. The van der Waals surface area contributed by atoms with E-state index < -0.39 is 23.5 Å². The zero-order valence-electron chi connectivity index (χ0n) is 17.1. The Kier molecular flexibility index (Phi) is 7.06. The first-order chi connectivity index (χ1) is 15.4. The minimum Gasteiger partial charge on any atom is -0.460 e. The first-order valence-electron chi connectivity index (χ1n) is 10.2. The Morgan fingerprint density at radius 1 is 1.19 bits per heavy atom. The Morgan fingerprint density at radius 3 is 2.50 bits per heavy atom. The van der Waals surface area contributed by atoms with Gasteiger partial charge in [-0.05, 0) is 11.1 Å². The Balaban J connectivity index is 1.36. The van der Waals surface area contributed by atoms with E-state index in [0.29, 0.717) is 15.7 Å². The standard InChI is InChI=1S/C23H23IN2O5S/c24-12-23(22(30)31-11-15-7-3-1-4-8-15)13-26-20(29)17(21(26)32-14-23)25-19(28)18(27)16-9-5-2-6-10-16/h1-10,17-18,21,27H,11-14H2,(H,25,28)/t17?,18?,21-,23?/m1/s1. The molecule has 2 aromatic carbocycles. The summed E-state index contributed by atoms with van der Waals surface area (Å²) in [6.45, 7) is 0.448. The lowest BCUT2D eigenvalue weighted by atomic mass is 9.89. The predicted octanol–water partition coefficient (Wildman–Crippen LogP) is 2.28. The molecule has 0 aliphatic carbocycles. The Bertz CT molecular complexity index is 992. The fourth-order valence-electron chi connectivity index (χ4n) is 3.78. The van der Waals surface area contributed by atoms with Crippen molar-refractivity contribution in [1.82, 2.24) is 10.2 Å². The van der Waals surface area contributed by atoms with Crippen molar-refractivity contribution in [2.75, 3.05) is 16.7 Å². The molecule has 32 heavy (non-hydrogen) atoms. The van der Waals surface area contributed by atoms with Crippen LogP contribution in [0.2, 0.25) is 0 Å². The number of rotatable bonds is 7. The van der Waals surface area contributed by atoms with Gasteiger partial charge in [0.05, 0.1) is 0 Å². The lowest BCUT2D eigenvalue weighted by molar-refractivity contribution is -0.162. The molecule has 7 nitrogen and oxygen atoms in total. The van der Waals surface area contributed by atoms with Crippen LogP contribution in [0.4, 0.5) is 0 Å². The van der Waals surface area contributed by atoms with Gasteiger partial charge in [-0.1, -0.05) is 83.3 Å². The van der Waals surface area contributed by atoms with Crippen molar-refractivity contribution in [3.8, 4) is 0 Å². The lowest BCUT2D eigenvalue weighted by Gasteiger charge is -2.53. The van der Waals surface area contributed by atoms with Gasteiger partial charge >= 0.3 is 5.97 Å². The van der Waals surface area contributed by atoms with E-state index in [9.17, 15) is 19.5 Å². The van der Waals surface area contributed by atoms with Crippen LogP contribution in [-0.2, 0) is 25.7 Å². The molecule has 0 aromatic heterocycles. The number of esters is 1. The van der Waals surface area contributed by atoms with Gasteiger partial charge in [-0.15, -0.1) is 11.8 Å². The quantitative estimate of drug-likeness (QED) is 0.231. The molecule has 2 aliphatic rings. The number of benzene rings is 2. The summed E-state index contributed by atoms with van der Waals surface area (Å²) in [7, 11) is 0. The molecule has 9 heteroatoms. The maximum atomic E-state index is 12.9. The third-order valence-corrected chi connectivity index (χ3v) is 8.76. The molecule has 168 valence electrons. The molecule has 0 saturated carbocycles. The van der Waals surface area contributed by atoms with Crippen molar-refractivity contribution in [1.29, 1.82) is 0 Å². The van der Waals surface area contributed by atoms with E-state index >= 15 is 0 Å². The molecule has 4 rings (SSSR count). The number of amides is 2. The van der Waals surface area contributed by atoms with Gasteiger partial charge in [0.1, 0.15) is 23.4 Å². The highest BCUT2D eigenvalue weighted by Crippen LogP contribution is 2.43. The number of fused-ring (bicyclic) bond motifs is 1. The number of nitrogens with zero attached hydrogens (tertiary/aromatic N) is 1. The van der Waals surface area contributed by atoms with Crippen LogP contribution in [0, 0.1) is 5.41 Å². The summed E-state index contributed by atoms with van der Waals surface area (Å²) in [6, 6.07) is 17.3. The summed E-state index contributed by atoms with van der Waals surface area (Å²) in [5, 5.41) is 12.7. The average molecular weight is 566 g/mol. The average Bonchev–Trinajstić information content (AvgIpc) is 2.85. The highest BCUT2D eigenvalue weighted by atomic mass is 127. The van der Waals surface area contributed by atoms with E-state index in [2.05, 4.69) is 27.9 Å². The molecule has 2 aromatic rings. The number of halogens is 1. The van der Waals surface area contributed by atoms with Crippen molar-refractivity contribution >= 4 is 52.1 Å². The summed E-state index contributed by atoms with van der Waals surface area (Å²) in [5.74, 6) is -0.684. The summed E-state index contributed by atoms with van der Waals surface area (Å²) in [5.41, 5.74) is 0.589. The molecule has 0 radical (unpaired) electrons. The number of nitrogens with one attached hydrogen (secondary N) is 1. The molecule has 2 N–H and O–H groups in total. The zero-order valence-corrected chi connectivity index (χ0v) is 20.1. The summed E-state index contributed by atoms with van der Waals surface area (Å²) in [6.07, 6.45) is -1.34. The van der Waals surface area contributed by atoms with E-state index in [-0.39, 0.29) is 30.4 Å². The molecule has 2 amide bonds. The summed E-state index contributed by atoms with van der Waals surface area (Å²) in [4.78, 5) is 39.8. The molecular formula is C23H23IN2O5S. The van der Waals surface area contributed by atoms with Crippen molar-refractivity contribution in [3.05, 3.63) is 71.8 Å². The first-order valence-corrected chi connectivity index (χ1v) is 12.8. The lowest BCUT2D eigenvalue weighted by Crippen LogP contribution is -2.74. The number of hydrogen-bond acceptors (Lipinski definition) is 6. The zero-order chi connectivity index (χ0) is 22.7. The van der Waals surface area contributed by atoms with Gasteiger partial charge in [0.25, 0.3) is 5.91 Å². The second-order valence-corrected chi connectivity index (χ2v) is 9.81. The van der Waals surface area contributed by atoms with Crippen LogP contribution in [0.15, 0.2) is 60.7 Å². The molecule has 3 unspecified atom stereocenters. The van der Waals surface area contributed by atoms with Gasteiger partial charge in [-0.25, -0.2) is 0 Å². The maximum Gasteiger partial charge on any atom is 0.315 e. The molecule has 2 aliphatic heterocycles. The Hall–Kier alpha value is -2.11. The highest BCUT2D eigenvalue weighted by Gasteiger charge is 2.57. The number of aliphatic hydroxyl groups excluding tert-OH is 1. The van der Waals surface area contributed by atoms with E-state index in [4.69, 9.17) is 4.74 Å². The third kappa shape index (κ3) is 4.51. The molecule has 2 heterocycles. The maximum absolute atomic E-state index is 12.9. The third-order valence-electron chi connectivity index (χ3n) is 5.71. The molecule has 0 bridgehead atoms. The number of hydrogen-bond donors (Lipinski definition) is 2. The largest absolute Gasteiger partial charge is 0.460 e. The van der Waals surface area contributed by atoms with Crippen LogP contribution in [0.5, 0.6) is 0 Å². The van der Waals surface area contributed by atoms with Crippen molar-refractivity contribution in [2.24, 2.45) is 5.41 Å². The van der Waals surface area contributed by atoms with Gasteiger partial charge in [-0.3, -0.25) is 14.4 Å². The Morgan fingerprint density at radius 2 is 1.84 bits per heavy atom. The molecular weight excluding hydrogens is 543 g/mol. The van der Waals surface area contributed by atoms with E-state index in [1.165, 1.54) is 11.8 Å². The smallest absolute Gasteiger partial charge is 0.315 e. The van der Waals surface area contributed by atoms with Gasteiger partial charge in [0, 0.05) is 16.7 Å². The van der Waals surface area contributed by atoms with Crippen LogP contribution >= 0.6 is 34.4 Å². The van der Waals surface area contributed by atoms with Crippen LogP contribution < -0.4 is 5.32 Å². The van der Waals surface area contributed by atoms with Crippen LogP contribution in [0.3, 0.4) is 0 Å². The summed E-state index contributed by atoms with van der Waals surface area (Å²) < 4.78 is 6.10. The van der Waals surface area contributed by atoms with Gasteiger partial charge in [-0.2, -0.15) is 0 Å². The van der Waals surface area contributed by atoms with Crippen molar-refractivity contribution < 1.29 is 24.2 Å². The van der Waals surface area contributed by atoms with Gasteiger partial charge in [0.2, 0.25) is 5.91 Å². The highest BCUT2D eigenvalue weighted by molar-refractivity contribution is 14.1. The predicted molar refractivity (Wildman–Crippen MR) is 129 cm³/mol. The number of carbonyl (C=O) groups excluding carboxylic acids is 3. The second-order valence-electron chi connectivity index (χ2n) is 7.94. The molecule has 4 atom stereocenters.